The summed E-state index contributed by atoms with van der Waals surface area (Å²) in [6, 6.07) is 14.7. The number of methoxy groups -OCH3 is 1. The highest BCUT2D eigenvalue weighted by atomic mass is 16.5. The van der Waals surface area contributed by atoms with Gasteiger partial charge in [0.2, 0.25) is 0 Å². The number of rotatable bonds is 9. The first-order chi connectivity index (χ1) is 18.5. The third-order valence-electron chi connectivity index (χ3n) is 8.00. The molecule has 0 amide bonds. The predicted octanol–water partition coefficient (Wildman–Crippen LogP) is 5.80. The Morgan fingerprint density at radius 3 is 2.50 bits per heavy atom. The summed E-state index contributed by atoms with van der Waals surface area (Å²) in [5.41, 5.74) is 4.97. The lowest BCUT2D eigenvalue weighted by molar-refractivity contribution is 0.155. The Morgan fingerprint density at radius 1 is 1.05 bits per heavy atom. The smallest absolute Gasteiger partial charge is 0.252 e. The molecule has 4 aromatic rings. The van der Waals surface area contributed by atoms with Crippen LogP contribution in [0.15, 0.2) is 47.3 Å². The first-order valence-electron chi connectivity index (χ1n) is 13.7. The van der Waals surface area contributed by atoms with Crippen molar-refractivity contribution in [1.29, 1.82) is 0 Å². The van der Waals surface area contributed by atoms with E-state index in [1.807, 2.05) is 19.1 Å². The zero-order valence-electron chi connectivity index (χ0n) is 22.9. The largest absolute Gasteiger partial charge is 0.497 e. The van der Waals surface area contributed by atoms with Crippen LogP contribution >= 0.6 is 0 Å². The van der Waals surface area contributed by atoms with Crippen molar-refractivity contribution in [3.05, 3.63) is 80.9 Å². The van der Waals surface area contributed by atoms with Crippen molar-refractivity contribution >= 4 is 10.9 Å². The van der Waals surface area contributed by atoms with Crippen molar-refractivity contribution in [3.8, 4) is 5.75 Å². The van der Waals surface area contributed by atoms with Gasteiger partial charge in [-0.1, -0.05) is 50.5 Å². The molecule has 38 heavy (non-hydrogen) atoms. The molecule has 2 heterocycles. The lowest BCUT2D eigenvalue weighted by Crippen LogP contribution is -2.33. The van der Waals surface area contributed by atoms with Gasteiger partial charge in [0, 0.05) is 24.0 Å². The van der Waals surface area contributed by atoms with E-state index in [1.54, 1.807) is 7.11 Å². The number of hydrogen-bond donors (Lipinski definition) is 1. The summed E-state index contributed by atoms with van der Waals surface area (Å²) in [5, 5.41) is 14.2. The minimum Gasteiger partial charge on any atom is -0.497 e. The SMILES string of the molecule is CC[C@H](c1nnnn1C1CCCCC1)N(Cc1ccc(OC)cc1)Cc1cc2c(C)ccc(C)c2[nH]c1=O. The van der Waals surface area contributed by atoms with E-state index < -0.39 is 0 Å². The predicted molar refractivity (Wildman–Crippen MR) is 149 cm³/mol. The number of fused-ring (bicyclic) bond motifs is 1. The Bertz CT molecular complexity index is 1440. The van der Waals surface area contributed by atoms with Crippen molar-refractivity contribution in [2.24, 2.45) is 0 Å². The number of pyridine rings is 1. The van der Waals surface area contributed by atoms with Crippen molar-refractivity contribution in [2.75, 3.05) is 7.11 Å². The Kier molecular flexibility index (Phi) is 7.88. The van der Waals surface area contributed by atoms with Crippen LogP contribution in [0.3, 0.4) is 0 Å². The van der Waals surface area contributed by atoms with E-state index in [1.165, 1.54) is 19.3 Å². The van der Waals surface area contributed by atoms with Crippen LogP contribution in [0.1, 0.15) is 85.6 Å². The Labute approximate surface area is 224 Å². The molecule has 2 aromatic heterocycles. The zero-order valence-corrected chi connectivity index (χ0v) is 22.9. The van der Waals surface area contributed by atoms with Crippen molar-refractivity contribution in [3.63, 3.8) is 0 Å². The number of benzene rings is 2. The molecule has 8 heteroatoms. The molecule has 0 radical (unpaired) electrons. The number of aryl methyl sites for hydroxylation is 2. The second kappa shape index (κ2) is 11.5. The molecule has 0 unspecified atom stereocenters. The van der Waals surface area contributed by atoms with Gasteiger partial charge in [0.15, 0.2) is 5.82 Å². The fourth-order valence-corrected chi connectivity index (χ4v) is 5.81. The summed E-state index contributed by atoms with van der Waals surface area (Å²) in [7, 11) is 1.68. The highest BCUT2D eigenvalue weighted by molar-refractivity contribution is 5.85. The average molecular weight is 515 g/mol. The van der Waals surface area contributed by atoms with Gasteiger partial charge in [-0.05, 0) is 78.4 Å². The summed E-state index contributed by atoms with van der Waals surface area (Å²) in [5.74, 6) is 1.71. The Hall–Kier alpha value is -3.52. The van der Waals surface area contributed by atoms with Crippen LogP contribution in [0.25, 0.3) is 10.9 Å². The third-order valence-corrected chi connectivity index (χ3v) is 8.00. The van der Waals surface area contributed by atoms with Gasteiger partial charge < -0.3 is 9.72 Å². The maximum atomic E-state index is 13.3. The second-order valence-electron chi connectivity index (χ2n) is 10.6. The molecular weight excluding hydrogens is 476 g/mol. The van der Waals surface area contributed by atoms with E-state index >= 15 is 0 Å². The van der Waals surface area contributed by atoms with Gasteiger partial charge in [-0.2, -0.15) is 0 Å². The summed E-state index contributed by atoms with van der Waals surface area (Å²) < 4.78 is 7.43. The quantitative estimate of drug-likeness (QED) is 0.304. The zero-order chi connectivity index (χ0) is 26.6. The maximum absolute atomic E-state index is 13.3. The number of H-pyrrole nitrogens is 1. The molecule has 8 nitrogen and oxygen atoms in total. The van der Waals surface area contributed by atoms with Gasteiger partial charge in [-0.15, -0.1) is 5.10 Å². The van der Waals surface area contributed by atoms with E-state index in [0.717, 1.165) is 64.0 Å². The lowest BCUT2D eigenvalue weighted by atomic mass is 9.95. The number of hydrogen-bond acceptors (Lipinski definition) is 6. The summed E-state index contributed by atoms with van der Waals surface area (Å²) in [4.78, 5) is 18.8. The topological polar surface area (TPSA) is 88.9 Å². The monoisotopic (exact) mass is 514 g/mol. The van der Waals surface area contributed by atoms with Gasteiger partial charge in [-0.3, -0.25) is 9.69 Å². The molecule has 0 aliphatic heterocycles. The Balaban J connectivity index is 1.54. The molecular formula is C30H38N6O2. The number of nitrogens with one attached hydrogen (secondary N) is 1. The molecule has 1 fully saturated rings. The first-order valence-corrected chi connectivity index (χ1v) is 13.7. The highest BCUT2D eigenvalue weighted by Crippen LogP contribution is 2.33. The van der Waals surface area contributed by atoms with Gasteiger partial charge >= 0.3 is 0 Å². The number of tetrazole rings is 1. The molecule has 1 N–H and O–H groups in total. The van der Waals surface area contributed by atoms with Gasteiger partial charge in [0.1, 0.15) is 5.75 Å². The molecule has 200 valence electrons. The van der Waals surface area contributed by atoms with Crippen LogP contribution in [0.4, 0.5) is 0 Å². The van der Waals surface area contributed by atoms with Crippen molar-refractivity contribution < 1.29 is 4.74 Å². The first kappa shape index (κ1) is 26.1. The number of aromatic amines is 1. The Morgan fingerprint density at radius 2 is 1.79 bits per heavy atom. The van der Waals surface area contributed by atoms with E-state index in [-0.39, 0.29) is 11.6 Å². The minimum absolute atomic E-state index is 0.0391. The summed E-state index contributed by atoms with van der Waals surface area (Å²) in [6.45, 7) is 7.44. The van der Waals surface area contributed by atoms with E-state index in [2.05, 4.69) is 74.3 Å². The highest BCUT2D eigenvalue weighted by Gasteiger charge is 2.29. The molecule has 0 spiro atoms. The van der Waals surface area contributed by atoms with Crippen LogP contribution in [0, 0.1) is 13.8 Å². The van der Waals surface area contributed by atoms with Crippen molar-refractivity contribution in [1.82, 2.24) is 30.1 Å². The molecule has 1 atom stereocenters. The summed E-state index contributed by atoms with van der Waals surface area (Å²) >= 11 is 0. The molecule has 2 aromatic carbocycles. The molecule has 1 aliphatic carbocycles. The van der Waals surface area contributed by atoms with E-state index in [4.69, 9.17) is 4.74 Å². The normalized spacial score (nSPS) is 15.3. The third kappa shape index (κ3) is 5.36. The van der Waals surface area contributed by atoms with Crippen LogP contribution < -0.4 is 10.3 Å². The van der Waals surface area contributed by atoms with Gasteiger partial charge in [0.05, 0.1) is 24.7 Å². The number of nitrogens with zero attached hydrogens (tertiary/aromatic N) is 5. The average Bonchev–Trinajstić information content (AvgIpc) is 3.42. The molecule has 1 saturated carbocycles. The van der Waals surface area contributed by atoms with Gasteiger partial charge in [-0.25, -0.2) is 4.68 Å². The lowest BCUT2D eigenvalue weighted by Gasteiger charge is -2.32. The molecule has 0 saturated heterocycles. The van der Waals surface area contributed by atoms with Gasteiger partial charge in [0.25, 0.3) is 5.56 Å². The minimum atomic E-state index is -0.0485. The van der Waals surface area contributed by atoms with Crippen LogP contribution in [-0.2, 0) is 13.1 Å². The van der Waals surface area contributed by atoms with E-state index in [9.17, 15) is 4.79 Å². The van der Waals surface area contributed by atoms with Crippen LogP contribution in [0.2, 0.25) is 0 Å². The fourth-order valence-electron chi connectivity index (χ4n) is 5.81. The molecule has 0 bridgehead atoms. The number of aromatic nitrogens is 5. The second-order valence-corrected chi connectivity index (χ2v) is 10.6. The fraction of sp³-hybridized carbons (Fsp3) is 0.467. The number of ether oxygens (including phenoxy) is 1. The maximum Gasteiger partial charge on any atom is 0.252 e. The molecule has 5 rings (SSSR count). The van der Waals surface area contributed by atoms with Crippen LogP contribution in [-0.4, -0.2) is 37.2 Å². The molecule has 1 aliphatic rings. The van der Waals surface area contributed by atoms with Crippen LogP contribution in [0.5, 0.6) is 5.75 Å². The van der Waals surface area contributed by atoms with Crippen molar-refractivity contribution in [2.45, 2.75) is 84.5 Å². The standard InChI is InChI=1S/C30H38N6O2/c1-5-27(29-32-33-34-36(29)24-9-7-6-8-10-24)35(18-22-13-15-25(38-4)16-14-22)19-23-17-26-20(2)11-12-21(3)28(26)31-30(23)37/h11-17,24,27H,5-10,18-19H2,1-4H3,(H,31,37)/t27-/m1/s1. The summed E-state index contributed by atoms with van der Waals surface area (Å²) in [6.07, 6.45) is 6.74. The van der Waals surface area contributed by atoms with E-state index in [0.29, 0.717) is 19.1 Å².